The van der Waals surface area contributed by atoms with Crippen LogP contribution in [0.15, 0.2) is 60.7 Å². The first kappa shape index (κ1) is 29.1. The molecular formula is C32H29ClN2O7S. The summed E-state index contributed by atoms with van der Waals surface area (Å²) in [5, 5.41) is 23.7. The van der Waals surface area contributed by atoms with Crippen LogP contribution in [0.25, 0.3) is 6.08 Å². The molecule has 0 aromatic heterocycles. The van der Waals surface area contributed by atoms with Crippen molar-refractivity contribution in [1.29, 1.82) is 0 Å². The fourth-order valence-corrected chi connectivity index (χ4v) is 8.22. The van der Waals surface area contributed by atoms with E-state index >= 15 is 0 Å². The standard InChI is InChI=1S/C32H29ClN2O7S/c1-41-27-11-17(4-9-24(27)37)3-7-20(36)14-26(39)29-23-15-43-16-35(23)32(21-13-19(33)6-8-22(21)34-31(32)40)30(29)18-5-10-25(38)28(12-18)42-2/h3-13,23,29-30,37-38H,14-16H2,1-2H3,(H,34,40)/b7-3+. The van der Waals surface area contributed by atoms with Crippen molar-refractivity contribution in [2.75, 3.05) is 31.2 Å². The number of anilines is 1. The van der Waals surface area contributed by atoms with Crippen LogP contribution in [-0.2, 0) is 19.9 Å². The highest BCUT2D eigenvalue weighted by atomic mass is 35.5. The number of hydrogen-bond acceptors (Lipinski definition) is 9. The lowest BCUT2D eigenvalue weighted by molar-refractivity contribution is -0.128. The largest absolute Gasteiger partial charge is 0.504 e. The summed E-state index contributed by atoms with van der Waals surface area (Å²) in [5.41, 5.74) is 1.29. The number of amides is 1. The maximum atomic E-state index is 14.2. The molecule has 0 radical (unpaired) electrons. The normalized spacial score (nSPS) is 24.3. The summed E-state index contributed by atoms with van der Waals surface area (Å²) in [6.07, 6.45) is 2.54. The fourth-order valence-electron chi connectivity index (χ4n) is 6.73. The van der Waals surface area contributed by atoms with Crippen LogP contribution < -0.4 is 14.8 Å². The minimum Gasteiger partial charge on any atom is -0.504 e. The second kappa shape index (κ2) is 11.3. The van der Waals surface area contributed by atoms with Crippen molar-refractivity contribution in [2.24, 2.45) is 5.92 Å². The molecule has 4 unspecified atom stereocenters. The maximum absolute atomic E-state index is 14.2. The van der Waals surface area contributed by atoms with Gasteiger partial charge in [0.25, 0.3) is 0 Å². The van der Waals surface area contributed by atoms with Crippen LogP contribution in [-0.4, -0.2) is 64.5 Å². The molecule has 2 saturated heterocycles. The van der Waals surface area contributed by atoms with Crippen LogP contribution >= 0.6 is 23.4 Å². The molecule has 3 aromatic carbocycles. The molecule has 3 aliphatic rings. The average Bonchev–Trinajstić information content (AvgIpc) is 3.65. The number of nitrogens with one attached hydrogen (secondary N) is 1. The van der Waals surface area contributed by atoms with E-state index < -0.39 is 23.2 Å². The molecule has 0 bridgehead atoms. The molecule has 222 valence electrons. The highest BCUT2D eigenvalue weighted by Crippen LogP contribution is 2.62. The van der Waals surface area contributed by atoms with E-state index in [1.165, 1.54) is 32.4 Å². The Hall–Kier alpha value is -3.99. The van der Waals surface area contributed by atoms with Gasteiger partial charge in [-0.05, 0) is 59.7 Å². The number of benzene rings is 3. The number of phenols is 2. The lowest BCUT2D eigenvalue weighted by Gasteiger charge is -2.37. The van der Waals surface area contributed by atoms with E-state index in [4.69, 9.17) is 21.1 Å². The van der Waals surface area contributed by atoms with Crippen molar-refractivity contribution in [3.63, 3.8) is 0 Å². The zero-order valence-electron chi connectivity index (χ0n) is 23.4. The number of thioether (sulfide) groups is 1. The van der Waals surface area contributed by atoms with Crippen molar-refractivity contribution >= 4 is 52.6 Å². The number of carbonyl (C=O) groups is 3. The zero-order chi connectivity index (χ0) is 30.5. The van der Waals surface area contributed by atoms with Gasteiger partial charge < -0.3 is 25.0 Å². The van der Waals surface area contributed by atoms with Crippen LogP contribution in [0.5, 0.6) is 23.0 Å². The first-order chi connectivity index (χ1) is 20.7. The van der Waals surface area contributed by atoms with Crippen molar-refractivity contribution in [1.82, 2.24) is 4.90 Å². The third-order valence-corrected chi connectivity index (χ3v) is 9.80. The number of carbonyl (C=O) groups excluding carboxylic acids is 3. The van der Waals surface area contributed by atoms with Crippen molar-refractivity contribution in [3.05, 3.63) is 82.4 Å². The molecular weight excluding hydrogens is 592 g/mol. The zero-order valence-corrected chi connectivity index (χ0v) is 24.9. The molecule has 11 heteroatoms. The Morgan fingerprint density at radius 2 is 1.79 bits per heavy atom. The number of methoxy groups -OCH3 is 2. The minimum absolute atomic E-state index is 0.0222. The summed E-state index contributed by atoms with van der Waals surface area (Å²) in [6.45, 7) is 0. The van der Waals surface area contributed by atoms with Crippen molar-refractivity contribution in [3.8, 4) is 23.0 Å². The fraction of sp³-hybridized carbons (Fsp3) is 0.281. The van der Waals surface area contributed by atoms with Gasteiger partial charge in [-0.2, -0.15) is 0 Å². The number of halogens is 1. The highest BCUT2D eigenvalue weighted by molar-refractivity contribution is 7.99. The van der Waals surface area contributed by atoms with E-state index in [2.05, 4.69) is 10.2 Å². The number of nitrogens with zero attached hydrogens (tertiary/aromatic N) is 1. The van der Waals surface area contributed by atoms with Gasteiger partial charge in [-0.25, -0.2) is 0 Å². The molecule has 3 N–H and O–H groups in total. The number of rotatable bonds is 8. The molecule has 9 nitrogen and oxygen atoms in total. The molecule has 43 heavy (non-hydrogen) atoms. The Kier molecular flexibility index (Phi) is 7.62. The molecule has 2 fully saturated rings. The Morgan fingerprint density at radius 1 is 1.07 bits per heavy atom. The Balaban J connectivity index is 1.41. The predicted molar refractivity (Wildman–Crippen MR) is 164 cm³/mol. The third-order valence-electron chi connectivity index (χ3n) is 8.53. The molecule has 1 amide bonds. The van der Waals surface area contributed by atoms with E-state index in [0.29, 0.717) is 39.0 Å². The second-order valence-corrected chi connectivity index (χ2v) is 12.2. The number of phenolic OH excluding ortho intramolecular Hbond substituents is 2. The topological polar surface area (TPSA) is 125 Å². The van der Waals surface area contributed by atoms with E-state index in [0.717, 1.165) is 0 Å². The van der Waals surface area contributed by atoms with Gasteiger partial charge >= 0.3 is 0 Å². The number of aromatic hydroxyl groups is 2. The number of hydrogen-bond donors (Lipinski definition) is 3. The molecule has 3 aliphatic heterocycles. The smallest absolute Gasteiger partial charge is 0.250 e. The summed E-state index contributed by atoms with van der Waals surface area (Å²) in [5.74, 6) is -0.851. The van der Waals surface area contributed by atoms with E-state index in [-0.39, 0.29) is 47.2 Å². The average molecular weight is 621 g/mol. The van der Waals surface area contributed by atoms with Crippen molar-refractivity contribution in [2.45, 2.75) is 23.9 Å². The molecule has 1 spiro atoms. The molecule has 0 saturated carbocycles. The Bertz CT molecular complexity index is 1680. The van der Waals surface area contributed by atoms with Gasteiger partial charge in [0.1, 0.15) is 11.3 Å². The van der Waals surface area contributed by atoms with Gasteiger partial charge in [0.05, 0.1) is 20.6 Å². The molecule has 4 atom stereocenters. The minimum atomic E-state index is -1.27. The van der Waals surface area contributed by atoms with Crippen LogP contribution in [0.2, 0.25) is 5.02 Å². The summed E-state index contributed by atoms with van der Waals surface area (Å²) >= 11 is 8.09. The lowest BCUT2D eigenvalue weighted by atomic mass is 9.69. The predicted octanol–water partition coefficient (Wildman–Crippen LogP) is 4.95. The van der Waals surface area contributed by atoms with Crippen LogP contribution in [0.4, 0.5) is 5.69 Å². The van der Waals surface area contributed by atoms with Gasteiger partial charge in [0, 0.05) is 45.8 Å². The number of Topliss-reactive ketones (excluding diaryl/α,β-unsaturated/α-hetero) is 1. The van der Waals surface area contributed by atoms with Crippen LogP contribution in [0, 0.1) is 5.92 Å². The first-order valence-electron chi connectivity index (χ1n) is 13.6. The second-order valence-electron chi connectivity index (χ2n) is 10.8. The van der Waals surface area contributed by atoms with Crippen molar-refractivity contribution < 1.29 is 34.1 Å². The SMILES string of the molecule is COc1cc(/C=C/C(=O)CC(=O)C2C3CSCN3C3(C(=O)Nc4ccc(Cl)cc43)C2c2ccc(O)c(OC)c2)ccc1O. The van der Waals surface area contributed by atoms with Gasteiger partial charge in [0.15, 0.2) is 28.8 Å². The van der Waals surface area contributed by atoms with E-state index in [9.17, 15) is 24.6 Å². The third kappa shape index (κ3) is 4.74. The number of ketones is 2. The van der Waals surface area contributed by atoms with Gasteiger partial charge in [-0.15, -0.1) is 11.8 Å². The van der Waals surface area contributed by atoms with Gasteiger partial charge in [0.2, 0.25) is 5.91 Å². The van der Waals surface area contributed by atoms with Crippen LogP contribution in [0.3, 0.4) is 0 Å². The number of allylic oxidation sites excluding steroid dienone is 1. The van der Waals surface area contributed by atoms with Gasteiger partial charge in [-0.3, -0.25) is 19.3 Å². The summed E-state index contributed by atoms with van der Waals surface area (Å²) in [6, 6.07) is 14.5. The Morgan fingerprint density at radius 3 is 2.53 bits per heavy atom. The number of fused-ring (bicyclic) bond motifs is 4. The quantitative estimate of drug-likeness (QED) is 0.237. The van der Waals surface area contributed by atoms with E-state index in [1.807, 2.05) is 0 Å². The van der Waals surface area contributed by atoms with Crippen LogP contribution in [0.1, 0.15) is 29.0 Å². The Labute approximate surface area is 257 Å². The summed E-state index contributed by atoms with van der Waals surface area (Å²) < 4.78 is 10.5. The highest BCUT2D eigenvalue weighted by Gasteiger charge is 2.69. The van der Waals surface area contributed by atoms with Gasteiger partial charge in [-0.1, -0.05) is 29.8 Å². The molecule has 6 rings (SSSR count). The monoisotopic (exact) mass is 620 g/mol. The lowest BCUT2D eigenvalue weighted by Crippen LogP contribution is -2.50. The first-order valence-corrected chi connectivity index (χ1v) is 15.2. The van der Waals surface area contributed by atoms with E-state index in [1.54, 1.807) is 60.3 Å². The molecule has 3 heterocycles. The molecule has 0 aliphatic carbocycles. The number of ether oxygens (including phenoxy) is 2. The molecule has 3 aromatic rings. The summed E-state index contributed by atoms with van der Waals surface area (Å²) in [7, 11) is 2.87. The maximum Gasteiger partial charge on any atom is 0.250 e. The summed E-state index contributed by atoms with van der Waals surface area (Å²) in [4.78, 5) is 43.6.